The molecule has 0 bridgehead atoms. The van der Waals surface area contributed by atoms with E-state index in [9.17, 15) is 4.79 Å². The molecule has 1 atom stereocenters. The number of aromatic nitrogens is 2. The zero-order valence-electron chi connectivity index (χ0n) is 12.6. The van der Waals surface area contributed by atoms with E-state index in [0.29, 0.717) is 15.9 Å². The molecule has 5 nitrogen and oxygen atoms in total. The standard InChI is InChI=1S/C14H16ClN3O2S2/c1-7-5-10(6-8(2)11(7)15)20-9(3)12(19)16-13-17-18-14(21-4)22-13/h5-6,9H,1-4H3,(H,16,17,19)/t9-/m1/s1. The molecule has 1 amide bonds. The number of hydrogen-bond donors (Lipinski definition) is 1. The van der Waals surface area contributed by atoms with Crippen LogP contribution in [0.5, 0.6) is 5.75 Å². The molecule has 1 N–H and O–H groups in total. The summed E-state index contributed by atoms with van der Waals surface area (Å²) in [5.41, 5.74) is 1.83. The Labute approximate surface area is 142 Å². The molecular weight excluding hydrogens is 342 g/mol. The van der Waals surface area contributed by atoms with E-state index in [1.54, 1.807) is 6.92 Å². The Kier molecular flexibility index (Phi) is 5.66. The Morgan fingerprint density at radius 3 is 2.55 bits per heavy atom. The van der Waals surface area contributed by atoms with E-state index in [2.05, 4.69) is 15.5 Å². The fourth-order valence-corrected chi connectivity index (χ4v) is 3.06. The van der Waals surface area contributed by atoms with Crippen molar-refractivity contribution in [1.29, 1.82) is 0 Å². The Bertz CT molecular complexity index is 667. The van der Waals surface area contributed by atoms with E-state index in [1.165, 1.54) is 23.1 Å². The lowest BCUT2D eigenvalue weighted by molar-refractivity contribution is -0.122. The molecule has 1 aromatic carbocycles. The number of carbonyl (C=O) groups is 1. The highest BCUT2D eigenvalue weighted by molar-refractivity contribution is 8.00. The minimum absolute atomic E-state index is 0.269. The second kappa shape index (κ2) is 7.30. The quantitative estimate of drug-likeness (QED) is 0.648. The summed E-state index contributed by atoms with van der Waals surface area (Å²) < 4.78 is 6.48. The molecule has 0 aliphatic carbocycles. The second-order valence-electron chi connectivity index (χ2n) is 4.70. The van der Waals surface area contributed by atoms with Crippen molar-refractivity contribution < 1.29 is 9.53 Å². The van der Waals surface area contributed by atoms with Crippen LogP contribution in [0.15, 0.2) is 16.5 Å². The largest absolute Gasteiger partial charge is 0.481 e. The molecule has 2 aromatic rings. The summed E-state index contributed by atoms with van der Waals surface area (Å²) in [6.07, 6.45) is 1.25. The average Bonchev–Trinajstić information content (AvgIpc) is 2.92. The van der Waals surface area contributed by atoms with Crippen LogP contribution in [0.4, 0.5) is 5.13 Å². The summed E-state index contributed by atoms with van der Waals surface area (Å²) in [4.78, 5) is 12.1. The van der Waals surface area contributed by atoms with Crippen LogP contribution in [-0.4, -0.2) is 28.5 Å². The number of carbonyl (C=O) groups excluding carboxylic acids is 1. The lowest BCUT2D eigenvalue weighted by atomic mass is 10.1. The number of rotatable bonds is 5. The zero-order chi connectivity index (χ0) is 16.3. The van der Waals surface area contributed by atoms with Crippen LogP contribution in [0.2, 0.25) is 5.02 Å². The molecule has 0 saturated carbocycles. The van der Waals surface area contributed by atoms with Gasteiger partial charge >= 0.3 is 0 Å². The highest BCUT2D eigenvalue weighted by atomic mass is 35.5. The summed E-state index contributed by atoms with van der Waals surface area (Å²) in [6, 6.07) is 3.63. The lowest BCUT2D eigenvalue weighted by Gasteiger charge is -2.15. The predicted octanol–water partition coefficient (Wildman–Crippen LogP) is 3.94. The predicted molar refractivity (Wildman–Crippen MR) is 91.3 cm³/mol. The van der Waals surface area contributed by atoms with Crippen molar-refractivity contribution >= 4 is 45.7 Å². The zero-order valence-corrected chi connectivity index (χ0v) is 15.0. The summed E-state index contributed by atoms with van der Waals surface area (Å²) in [5, 5.41) is 11.7. The number of nitrogens with one attached hydrogen (secondary N) is 1. The Balaban J connectivity index is 2.02. The molecule has 1 aromatic heterocycles. The van der Waals surface area contributed by atoms with Gasteiger partial charge in [-0.3, -0.25) is 10.1 Å². The van der Waals surface area contributed by atoms with Gasteiger partial charge in [0.25, 0.3) is 5.91 Å². The van der Waals surface area contributed by atoms with Gasteiger partial charge in [0.1, 0.15) is 5.75 Å². The van der Waals surface area contributed by atoms with Crippen LogP contribution in [0.25, 0.3) is 0 Å². The van der Waals surface area contributed by atoms with Crippen molar-refractivity contribution in [3.8, 4) is 5.75 Å². The van der Waals surface area contributed by atoms with Crippen molar-refractivity contribution in [2.75, 3.05) is 11.6 Å². The van der Waals surface area contributed by atoms with Gasteiger partial charge in [-0.1, -0.05) is 34.7 Å². The van der Waals surface area contributed by atoms with Gasteiger partial charge in [0.15, 0.2) is 10.4 Å². The van der Waals surface area contributed by atoms with Gasteiger partial charge in [-0.15, -0.1) is 10.2 Å². The molecule has 0 aliphatic rings. The first kappa shape index (κ1) is 17.1. The van der Waals surface area contributed by atoms with Crippen LogP contribution >= 0.6 is 34.7 Å². The summed E-state index contributed by atoms with van der Waals surface area (Å²) in [6.45, 7) is 5.49. The monoisotopic (exact) mass is 357 g/mol. The van der Waals surface area contributed by atoms with E-state index in [1.807, 2.05) is 32.2 Å². The Hall–Kier alpha value is -1.31. The van der Waals surface area contributed by atoms with Gasteiger partial charge in [-0.25, -0.2) is 0 Å². The Morgan fingerprint density at radius 2 is 2.00 bits per heavy atom. The third-order valence-electron chi connectivity index (χ3n) is 2.90. The van der Waals surface area contributed by atoms with Crippen molar-refractivity contribution in [3.05, 3.63) is 28.3 Å². The molecule has 118 valence electrons. The summed E-state index contributed by atoms with van der Waals surface area (Å²) >= 11 is 8.93. The van der Waals surface area contributed by atoms with E-state index in [4.69, 9.17) is 16.3 Å². The molecule has 0 radical (unpaired) electrons. The molecule has 0 saturated heterocycles. The highest BCUT2D eigenvalue weighted by Crippen LogP contribution is 2.27. The van der Waals surface area contributed by atoms with Crippen molar-refractivity contribution in [3.63, 3.8) is 0 Å². The van der Waals surface area contributed by atoms with Gasteiger partial charge < -0.3 is 4.74 Å². The second-order valence-corrected chi connectivity index (χ2v) is 7.11. The van der Waals surface area contributed by atoms with Gasteiger partial charge in [0.05, 0.1) is 0 Å². The fraction of sp³-hybridized carbons (Fsp3) is 0.357. The number of amides is 1. The maximum atomic E-state index is 12.1. The Morgan fingerprint density at radius 1 is 1.36 bits per heavy atom. The molecule has 0 fully saturated rings. The van der Waals surface area contributed by atoms with Crippen LogP contribution in [0, 0.1) is 13.8 Å². The smallest absolute Gasteiger partial charge is 0.266 e. The number of ether oxygens (including phenoxy) is 1. The van der Waals surface area contributed by atoms with Crippen LogP contribution in [0.1, 0.15) is 18.1 Å². The number of halogens is 1. The van der Waals surface area contributed by atoms with Crippen LogP contribution < -0.4 is 10.1 Å². The highest BCUT2D eigenvalue weighted by Gasteiger charge is 2.17. The van der Waals surface area contributed by atoms with Crippen molar-refractivity contribution in [2.24, 2.45) is 0 Å². The van der Waals surface area contributed by atoms with Crippen molar-refractivity contribution in [2.45, 2.75) is 31.2 Å². The molecule has 2 rings (SSSR count). The maximum absolute atomic E-state index is 12.1. The first-order valence-corrected chi connectivity index (χ1v) is 8.94. The summed E-state index contributed by atoms with van der Waals surface area (Å²) in [7, 11) is 0. The molecule has 1 heterocycles. The fourth-order valence-electron chi connectivity index (χ4n) is 1.78. The lowest BCUT2D eigenvalue weighted by Crippen LogP contribution is -2.30. The minimum atomic E-state index is -0.651. The third kappa shape index (κ3) is 4.12. The van der Waals surface area contributed by atoms with Gasteiger partial charge in [-0.2, -0.15) is 0 Å². The van der Waals surface area contributed by atoms with Gasteiger partial charge in [-0.05, 0) is 50.3 Å². The van der Waals surface area contributed by atoms with Gasteiger partial charge in [0.2, 0.25) is 5.13 Å². The molecule has 22 heavy (non-hydrogen) atoms. The normalized spacial score (nSPS) is 12.0. The maximum Gasteiger partial charge on any atom is 0.266 e. The van der Waals surface area contributed by atoms with E-state index >= 15 is 0 Å². The molecular formula is C14H16ClN3O2S2. The van der Waals surface area contributed by atoms with Crippen molar-refractivity contribution in [1.82, 2.24) is 10.2 Å². The topological polar surface area (TPSA) is 64.1 Å². The first-order valence-electron chi connectivity index (χ1n) is 6.52. The number of aryl methyl sites for hydroxylation is 2. The number of anilines is 1. The molecule has 0 spiro atoms. The third-order valence-corrected chi connectivity index (χ3v) is 5.31. The first-order chi connectivity index (χ1) is 10.4. The van der Waals surface area contributed by atoms with Crippen LogP contribution in [0.3, 0.4) is 0 Å². The molecule has 8 heteroatoms. The van der Waals surface area contributed by atoms with Crippen LogP contribution in [-0.2, 0) is 4.79 Å². The SMILES string of the molecule is CSc1nnc(NC(=O)[C@@H](C)Oc2cc(C)c(Cl)c(C)c2)s1. The number of thioether (sulfide) groups is 1. The number of benzene rings is 1. The van der Waals surface area contributed by atoms with Gasteiger partial charge in [0, 0.05) is 5.02 Å². The number of nitrogens with zero attached hydrogens (tertiary/aromatic N) is 2. The minimum Gasteiger partial charge on any atom is -0.481 e. The van der Waals surface area contributed by atoms with E-state index in [0.717, 1.165) is 15.5 Å². The summed E-state index contributed by atoms with van der Waals surface area (Å²) in [5.74, 6) is 0.346. The average molecular weight is 358 g/mol. The number of hydrogen-bond acceptors (Lipinski definition) is 6. The molecule has 0 aliphatic heterocycles. The molecule has 0 unspecified atom stereocenters. The van der Waals surface area contributed by atoms with E-state index in [-0.39, 0.29) is 5.91 Å². The van der Waals surface area contributed by atoms with E-state index < -0.39 is 6.10 Å².